The van der Waals surface area contributed by atoms with Gasteiger partial charge < -0.3 is 9.84 Å². The molecule has 1 aliphatic rings. The SMILES string of the molecule is COC(=O)C1=C(O)CCc2nc(C)ccc21. The Kier molecular flexibility index (Phi) is 2.64. The zero-order chi connectivity index (χ0) is 11.7. The smallest absolute Gasteiger partial charge is 0.341 e. The molecule has 0 unspecified atom stereocenters. The highest BCUT2D eigenvalue weighted by Gasteiger charge is 2.25. The number of carbonyl (C=O) groups excluding carboxylic acids is 1. The number of fused-ring (bicyclic) bond motifs is 1. The van der Waals surface area contributed by atoms with Crippen molar-refractivity contribution in [2.75, 3.05) is 7.11 Å². The van der Waals surface area contributed by atoms with Gasteiger partial charge in [-0.15, -0.1) is 0 Å². The van der Waals surface area contributed by atoms with E-state index in [9.17, 15) is 9.90 Å². The Morgan fingerprint density at radius 3 is 2.88 bits per heavy atom. The van der Waals surface area contributed by atoms with E-state index >= 15 is 0 Å². The fourth-order valence-corrected chi connectivity index (χ4v) is 1.88. The lowest BCUT2D eigenvalue weighted by atomic mass is 9.93. The van der Waals surface area contributed by atoms with Gasteiger partial charge in [0.2, 0.25) is 0 Å². The van der Waals surface area contributed by atoms with Gasteiger partial charge in [0.05, 0.1) is 7.11 Å². The molecule has 1 N–H and O–H groups in total. The maximum atomic E-state index is 11.6. The van der Waals surface area contributed by atoms with Crippen molar-refractivity contribution in [2.45, 2.75) is 19.8 Å². The fraction of sp³-hybridized carbons (Fsp3) is 0.333. The van der Waals surface area contributed by atoms with Crippen LogP contribution in [-0.2, 0) is 16.0 Å². The summed E-state index contributed by atoms with van der Waals surface area (Å²) in [5.74, 6) is -0.422. The van der Waals surface area contributed by atoms with Crippen LogP contribution >= 0.6 is 0 Å². The molecule has 1 heterocycles. The van der Waals surface area contributed by atoms with Crippen molar-refractivity contribution in [1.82, 2.24) is 4.98 Å². The third-order valence-corrected chi connectivity index (χ3v) is 2.66. The number of rotatable bonds is 1. The molecule has 0 aliphatic heterocycles. The van der Waals surface area contributed by atoms with Crippen LogP contribution in [0.15, 0.2) is 17.9 Å². The van der Waals surface area contributed by atoms with Gasteiger partial charge in [0, 0.05) is 23.4 Å². The molecule has 0 saturated carbocycles. The maximum absolute atomic E-state index is 11.6. The largest absolute Gasteiger partial charge is 0.511 e. The summed E-state index contributed by atoms with van der Waals surface area (Å²) in [5.41, 5.74) is 2.68. The minimum Gasteiger partial charge on any atom is -0.511 e. The maximum Gasteiger partial charge on any atom is 0.341 e. The zero-order valence-corrected chi connectivity index (χ0v) is 9.28. The van der Waals surface area contributed by atoms with Gasteiger partial charge in [-0.3, -0.25) is 4.98 Å². The molecule has 0 bridgehead atoms. The summed E-state index contributed by atoms with van der Waals surface area (Å²) in [6.07, 6.45) is 1.09. The second-order valence-corrected chi connectivity index (χ2v) is 3.76. The lowest BCUT2D eigenvalue weighted by molar-refractivity contribution is -0.133. The number of carbonyl (C=O) groups is 1. The quantitative estimate of drug-likeness (QED) is 0.731. The summed E-state index contributed by atoms with van der Waals surface area (Å²) in [6, 6.07) is 3.62. The molecule has 16 heavy (non-hydrogen) atoms. The molecule has 0 aromatic carbocycles. The summed E-state index contributed by atoms with van der Waals surface area (Å²) < 4.78 is 4.66. The molecule has 0 radical (unpaired) electrons. The number of aromatic nitrogens is 1. The lowest BCUT2D eigenvalue weighted by Gasteiger charge is -2.18. The van der Waals surface area contributed by atoms with Crippen molar-refractivity contribution < 1.29 is 14.6 Å². The number of nitrogens with zero attached hydrogens (tertiary/aromatic N) is 1. The molecule has 84 valence electrons. The topological polar surface area (TPSA) is 59.4 Å². The average Bonchev–Trinajstić information content (AvgIpc) is 2.28. The van der Waals surface area contributed by atoms with Crippen molar-refractivity contribution in [3.05, 3.63) is 34.8 Å². The van der Waals surface area contributed by atoms with Crippen LogP contribution in [0.5, 0.6) is 0 Å². The number of aryl methyl sites for hydroxylation is 2. The second kappa shape index (κ2) is 3.96. The average molecular weight is 219 g/mol. The lowest BCUT2D eigenvalue weighted by Crippen LogP contribution is -2.15. The normalized spacial score (nSPS) is 14.6. The number of allylic oxidation sites excluding steroid dienone is 1. The zero-order valence-electron chi connectivity index (χ0n) is 9.28. The molecule has 0 spiro atoms. The highest BCUT2D eigenvalue weighted by molar-refractivity contribution is 6.17. The number of pyridine rings is 1. The van der Waals surface area contributed by atoms with Crippen molar-refractivity contribution in [3.63, 3.8) is 0 Å². The molecule has 1 aromatic heterocycles. The summed E-state index contributed by atoms with van der Waals surface area (Å²) in [4.78, 5) is 15.9. The Bertz CT molecular complexity index is 477. The molecule has 1 aromatic rings. The van der Waals surface area contributed by atoms with Gasteiger partial charge in [-0.2, -0.15) is 0 Å². The molecule has 0 atom stereocenters. The van der Waals surface area contributed by atoms with Crippen molar-refractivity contribution >= 4 is 11.5 Å². The van der Waals surface area contributed by atoms with Gasteiger partial charge in [-0.25, -0.2) is 4.79 Å². The number of methoxy groups -OCH3 is 1. The molecular formula is C12H13NO3. The van der Waals surface area contributed by atoms with Crippen molar-refractivity contribution in [1.29, 1.82) is 0 Å². The molecule has 0 saturated heterocycles. The summed E-state index contributed by atoms with van der Waals surface area (Å²) in [5, 5.41) is 9.74. The summed E-state index contributed by atoms with van der Waals surface area (Å²) >= 11 is 0. The number of ether oxygens (including phenoxy) is 1. The molecule has 4 nitrogen and oxygen atoms in total. The first-order valence-electron chi connectivity index (χ1n) is 5.11. The van der Waals surface area contributed by atoms with Gasteiger partial charge in [-0.1, -0.05) is 6.07 Å². The number of aliphatic hydroxyl groups is 1. The van der Waals surface area contributed by atoms with E-state index in [4.69, 9.17) is 0 Å². The van der Waals surface area contributed by atoms with E-state index < -0.39 is 5.97 Å². The third kappa shape index (κ3) is 1.66. The van der Waals surface area contributed by atoms with Crippen molar-refractivity contribution in [2.24, 2.45) is 0 Å². The Morgan fingerprint density at radius 2 is 2.19 bits per heavy atom. The first-order chi connectivity index (χ1) is 7.63. The van der Waals surface area contributed by atoms with Crippen LogP contribution in [0.1, 0.15) is 23.4 Å². The predicted molar refractivity (Wildman–Crippen MR) is 58.9 cm³/mol. The summed E-state index contributed by atoms with van der Waals surface area (Å²) in [7, 11) is 1.30. The minimum absolute atomic E-state index is 0.0880. The van der Waals surface area contributed by atoms with Gasteiger partial charge >= 0.3 is 5.97 Å². The minimum atomic E-state index is -0.510. The highest BCUT2D eigenvalue weighted by Crippen LogP contribution is 2.29. The monoisotopic (exact) mass is 219 g/mol. The van der Waals surface area contributed by atoms with Crippen molar-refractivity contribution in [3.8, 4) is 0 Å². The molecule has 0 amide bonds. The third-order valence-electron chi connectivity index (χ3n) is 2.66. The van der Waals surface area contributed by atoms with E-state index in [1.165, 1.54) is 7.11 Å². The van der Waals surface area contributed by atoms with Crippen LogP contribution in [0, 0.1) is 6.92 Å². The van der Waals surface area contributed by atoms with Gasteiger partial charge in [0.1, 0.15) is 11.3 Å². The Labute approximate surface area is 93.6 Å². The number of aliphatic hydroxyl groups excluding tert-OH is 1. The fourth-order valence-electron chi connectivity index (χ4n) is 1.88. The molecule has 4 heteroatoms. The molecular weight excluding hydrogens is 206 g/mol. The Hall–Kier alpha value is -1.84. The van der Waals surface area contributed by atoms with E-state index in [0.29, 0.717) is 18.4 Å². The first-order valence-corrected chi connectivity index (χ1v) is 5.11. The molecule has 0 fully saturated rings. The van der Waals surface area contributed by atoms with Crippen LogP contribution in [0.2, 0.25) is 0 Å². The van der Waals surface area contributed by atoms with Crippen LogP contribution in [-0.4, -0.2) is 23.2 Å². The molecule has 1 aliphatic carbocycles. The van der Waals surface area contributed by atoms with E-state index in [2.05, 4.69) is 9.72 Å². The Balaban J connectivity index is 2.56. The van der Waals surface area contributed by atoms with Crippen LogP contribution in [0.4, 0.5) is 0 Å². The van der Waals surface area contributed by atoms with Crippen LogP contribution < -0.4 is 0 Å². The van der Waals surface area contributed by atoms with E-state index in [1.807, 2.05) is 13.0 Å². The van der Waals surface area contributed by atoms with E-state index in [0.717, 1.165) is 11.4 Å². The number of esters is 1. The van der Waals surface area contributed by atoms with Gasteiger partial charge in [0.15, 0.2) is 0 Å². The number of hydrogen-bond acceptors (Lipinski definition) is 4. The standard InChI is InChI=1S/C12H13NO3/c1-7-3-4-8-9(13-7)5-6-10(14)11(8)12(15)16-2/h3-4,14H,5-6H2,1-2H3. The van der Waals surface area contributed by atoms with Gasteiger partial charge in [-0.05, 0) is 19.4 Å². The summed E-state index contributed by atoms with van der Waals surface area (Å²) in [6.45, 7) is 1.90. The van der Waals surface area contributed by atoms with Crippen LogP contribution in [0.3, 0.4) is 0 Å². The van der Waals surface area contributed by atoms with E-state index in [1.54, 1.807) is 6.07 Å². The Morgan fingerprint density at radius 1 is 1.44 bits per heavy atom. The van der Waals surface area contributed by atoms with Crippen LogP contribution in [0.25, 0.3) is 5.57 Å². The van der Waals surface area contributed by atoms with E-state index in [-0.39, 0.29) is 11.3 Å². The number of hydrogen-bond donors (Lipinski definition) is 1. The second-order valence-electron chi connectivity index (χ2n) is 3.76. The first kappa shape index (κ1) is 10.7. The van der Waals surface area contributed by atoms with Gasteiger partial charge in [0.25, 0.3) is 0 Å². The molecule has 2 rings (SSSR count). The predicted octanol–water partition coefficient (Wildman–Crippen LogP) is 1.78. The highest BCUT2D eigenvalue weighted by atomic mass is 16.5.